The Labute approximate surface area is 126 Å². The first kappa shape index (κ1) is 15.5. The number of rotatable bonds is 6. The first-order valence-corrected chi connectivity index (χ1v) is 7.38. The molecular weight excluding hydrogens is 263 g/mol. The summed E-state index contributed by atoms with van der Waals surface area (Å²) >= 11 is 0. The Morgan fingerprint density at radius 3 is 2.43 bits per heavy atom. The fourth-order valence-electron chi connectivity index (χ4n) is 2.33. The van der Waals surface area contributed by atoms with E-state index in [1.54, 1.807) is 12.1 Å². The molecular formula is C18H23FN2. The normalized spacial score (nSPS) is 12.2. The molecule has 0 saturated heterocycles. The van der Waals surface area contributed by atoms with E-state index in [0.717, 1.165) is 24.1 Å². The van der Waals surface area contributed by atoms with Crippen LogP contribution in [0, 0.1) is 5.82 Å². The van der Waals surface area contributed by atoms with Gasteiger partial charge in [-0.05, 0) is 48.2 Å². The van der Waals surface area contributed by atoms with Gasteiger partial charge in [0.1, 0.15) is 5.82 Å². The SMILES string of the molecule is CCC(N)Cc1ccc(N(C)Cc2cccc(F)c2)cc1. The lowest BCUT2D eigenvalue weighted by atomic mass is 10.0. The maximum absolute atomic E-state index is 13.2. The highest BCUT2D eigenvalue weighted by Crippen LogP contribution is 2.17. The number of anilines is 1. The molecule has 2 nitrogen and oxygen atoms in total. The molecule has 2 aromatic carbocycles. The molecule has 0 spiro atoms. The van der Waals surface area contributed by atoms with Crippen LogP contribution in [0.25, 0.3) is 0 Å². The smallest absolute Gasteiger partial charge is 0.123 e. The first-order valence-electron chi connectivity index (χ1n) is 7.38. The maximum Gasteiger partial charge on any atom is 0.123 e. The van der Waals surface area contributed by atoms with Crippen LogP contribution in [-0.2, 0) is 13.0 Å². The third-order valence-corrected chi connectivity index (χ3v) is 3.71. The van der Waals surface area contributed by atoms with Gasteiger partial charge >= 0.3 is 0 Å². The molecule has 0 bridgehead atoms. The van der Waals surface area contributed by atoms with Crippen LogP contribution >= 0.6 is 0 Å². The molecule has 1 unspecified atom stereocenters. The highest BCUT2D eigenvalue weighted by molar-refractivity contribution is 5.47. The van der Waals surface area contributed by atoms with E-state index >= 15 is 0 Å². The minimum atomic E-state index is -0.190. The van der Waals surface area contributed by atoms with Crippen LogP contribution in [0.3, 0.4) is 0 Å². The highest BCUT2D eigenvalue weighted by atomic mass is 19.1. The van der Waals surface area contributed by atoms with Gasteiger partial charge in [0.2, 0.25) is 0 Å². The zero-order valence-corrected chi connectivity index (χ0v) is 12.7. The second-order valence-electron chi connectivity index (χ2n) is 5.52. The van der Waals surface area contributed by atoms with Crippen LogP contribution in [-0.4, -0.2) is 13.1 Å². The third kappa shape index (κ3) is 4.57. The largest absolute Gasteiger partial charge is 0.370 e. The van der Waals surface area contributed by atoms with Crippen molar-refractivity contribution in [2.75, 3.05) is 11.9 Å². The summed E-state index contributed by atoms with van der Waals surface area (Å²) in [6.45, 7) is 2.79. The van der Waals surface area contributed by atoms with Gasteiger partial charge in [-0.15, -0.1) is 0 Å². The molecule has 21 heavy (non-hydrogen) atoms. The topological polar surface area (TPSA) is 29.3 Å². The number of nitrogens with zero attached hydrogens (tertiary/aromatic N) is 1. The van der Waals surface area contributed by atoms with Gasteiger partial charge in [0.25, 0.3) is 0 Å². The van der Waals surface area contributed by atoms with E-state index in [1.807, 2.05) is 13.1 Å². The summed E-state index contributed by atoms with van der Waals surface area (Å²) in [6, 6.07) is 15.4. The lowest BCUT2D eigenvalue weighted by molar-refractivity contribution is 0.625. The van der Waals surface area contributed by atoms with Crippen LogP contribution in [0.4, 0.5) is 10.1 Å². The van der Waals surface area contributed by atoms with E-state index < -0.39 is 0 Å². The van der Waals surface area contributed by atoms with Crippen molar-refractivity contribution in [1.29, 1.82) is 0 Å². The Balaban J connectivity index is 2.01. The number of benzene rings is 2. The molecule has 3 heteroatoms. The van der Waals surface area contributed by atoms with Crippen molar-refractivity contribution in [3.05, 3.63) is 65.5 Å². The number of hydrogen-bond acceptors (Lipinski definition) is 2. The van der Waals surface area contributed by atoms with Crippen LogP contribution in [0.2, 0.25) is 0 Å². The minimum Gasteiger partial charge on any atom is -0.370 e. The minimum absolute atomic E-state index is 0.190. The van der Waals surface area contributed by atoms with E-state index in [-0.39, 0.29) is 11.9 Å². The average molecular weight is 286 g/mol. The Kier molecular flexibility index (Phi) is 5.34. The van der Waals surface area contributed by atoms with Crippen LogP contribution in [0.5, 0.6) is 0 Å². The number of hydrogen-bond donors (Lipinski definition) is 1. The van der Waals surface area contributed by atoms with Gasteiger partial charge in [0.15, 0.2) is 0 Å². The van der Waals surface area contributed by atoms with Crippen LogP contribution < -0.4 is 10.6 Å². The van der Waals surface area contributed by atoms with Gasteiger partial charge < -0.3 is 10.6 Å². The molecule has 0 saturated carbocycles. The first-order chi connectivity index (χ1) is 10.1. The summed E-state index contributed by atoms with van der Waals surface area (Å²) in [5, 5.41) is 0. The molecule has 0 aliphatic heterocycles. The molecule has 1 atom stereocenters. The average Bonchev–Trinajstić information content (AvgIpc) is 2.47. The molecule has 2 aromatic rings. The quantitative estimate of drug-likeness (QED) is 0.876. The van der Waals surface area contributed by atoms with E-state index in [0.29, 0.717) is 6.54 Å². The summed E-state index contributed by atoms with van der Waals surface area (Å²) in [5.74, 6) is -0.190. The van der Waals surface area contributed by atoms with Crippen LogP contribution in [0.15, 0.2) is 48.5 Å². The van der Waals surface area contributed by atoms with Crippen molar-refractivity contribution in [3.63, 3.8) is 0 Å². The Morgan fingerprint density at radius 2 is 1.81 bits per heavy atom. The monoisotopic (exact) mass is 286 g/mol. The fraction of sp³-hybridized carbons (Fsp3) is 0.333. The molecule has 0 aromatic heterocycles. The standard InChI is InChI=1S/C18H23FN2/c1-3-17(20)12-14-7-9-18(10-8-14)21(2)13-15-5-4-6-16(19)11-15/h4-11,17H,3,12-13,20H2,1-2H3. The Hall–Kier alpha value is -1.87. The third-order valence-electron chi connectivity index (χ3n) is 3.71. The molecule has 0 fully saturated rings. The van der Waals surface area contributed by atoms with Crippen molar-refractivity contribution < 1.29 is 4.39 Å². The molecule has 0 aliphatic carbocycles. The highest BCUT2D eigenvalue weighted by Gasteiger charge is 2.05. The van der Waals surface area contributed by atoms with E-state index in [4.69, 9.17) is 5.73 Å². The predicted molar refractivity (Wildman–Crippen MR) is 86.9 cm³/mol. The van der Waals surface area contributed by atoms with Gasteiger partial charge in [-0.1, -0.05) is 31.2 Å². The van der Waals surface area contributed by atoms with Crippen LogP contribution in [0.1, 0.15) is 24.5 Å². The molecule has 0 heterocycles. The second-order valence-corrected chi connectivity index (χ2v) is 5.52. The van der Waals surface area contributed by atoms with Crippen molar-refractivity contribution >= 4 is 5.69 Å². The Morgan fingerprint density at radius 1 is 1.10 bits per heavy atom. The molecule has 0 amide bonds. The van der Waals surface area contributed by atoms with Gasteiger partial charge in [-0.3, -0.25) is 0 Å². The maximum atomic E-state index is 13.2. The van der Waals surface area contributed by atoms with E-state index in [2.05, 4.69) is 36.1 Å². The molecule has 0 radical (unpaired) electrons. The summed E-state index contributed by atoms with van der Waals surface area (Å²) in [5.41, 5.74) is 9.32. The van der Waals surface area contributed by atoms with Crippen molar-refractivity contribution in [1.82, 2.24) is 0 Å². The van der Waals surface area contributed by atoms with E-state index in [9.17, 15) is 4.39 Å². The lowest BCUT2D eigenvalue weighted by Gasteiger charge is -2.20. The number of nitrogens with two attached hydrogens (primary N) is 1. The number of halogens is 1. The summed E-state index contributed by atoms with van der Waals surface area (Å²) in [6.07, 6.45) is 1.89. The van der Waals surface area contributed by atoms with Gasteiger partial charge in [0.05, 0.1) is 0 Å². The van der Waals surface area contributed by atoms with Gasteiger partial charge in [0, 0.05) is 25.3 Å². The summed E-state index contributed by atoms with van der Waals surface area (Å²) in [4.78, 5) is 2.11. The predicted octanol–water partition coefficient (Wildman–Crippen LogP) is 3.74. The Bertz CT molecular complexity index is 566. The van der Waals surface area contributed by atoms with Gasteiger partial charge in [-0.2, -0.15) is 0 Å². The second kappa shape index (κ2) is 7.23. The molecule has 2 N–H and O–H groups in total. The fourth-order valence-corrected chi connectivity index (χ4v) is 2.33. The van der Waals surface area contributed by atoms with Crippen molar-refractivity contribution in [3.8, 4) is 0 Å². The zero-order chi connectivity index (χ0) is 15.2. The van der Waals surface area contributed by atoms with E-state index in [1.165, 1.54) is 11.6 Å². The zero-order valence-electron chi connectivity index (χ0n) is 12.7. The summed E-state index contributed by atoms with van der Waals surface area (Å²) in [7, 11) is 2.01. The molecule has 112 valence electrons. The van der Waals surface area contributed by atoms with Gasteiger partial charge in [-0.25, -0.2) is 4.39 Å². The summed E-state index contributed by atoms with van der Waals surface area (Å²) < 4.78 is 13.2. The molecule has 0 aliphatic rings. The lowest BCUT2D eigenvalue weighted by Crippen LogP contribution is -2.21. The molecule has 2 rings (SSSR count). The van der Waals surface area contributed by atoms with Crippen molar-refractivity contribution in [2.45, 2.75) is 32.4 Å². The van der Waals surface area contributed by atoms with Crippen molar-refractivity contribution in [2.24, 2.45) is 5.73 Å².